The maximum atomic E-state index is 10.8. The molecule has 0 fully saturated rings. The topological polar surface area (TPSA) is 79.1 Å². The molecule has 0 saturated carbocycles. The number of nitrogens with two attached hydrogens (primary N) is 1. The van der Waals surface area contributed by atoms with Gasteiger partial charge in [0.15, 0.2) is 0 Å². The van der Waals surface area contributed by atoms with Crippen LogP contribution >= 0.6 is 0 Å². The fourth-order valence-corrected chi connectivity index (χ4v) is 1.47. The third-order valence-corrected chi connectivity index (χ3v) is 2.10. The van der Waals surface area contributed by atoms with Gasteiger partial charge in [0.2, 0.25) is 0 Å². The van der Waals surface area contributed by atoms with Gasteiger partial charge in [0.25, 0.3) is 0 Å². The molecule has 0 spiro atoms. The van der Waals surface area contributed by atoms with E-state index >= 15 is 0 Å². The van der Waals surface area contributed by atoms with Crippen LogP contribution in [-0.4, -0.2) is 22.6 Å². The van der Waals surface area contributed by atoms with Crippen molar-refractivity contribution in [2.75, 3.05) is 6.54 Å². The normalized spacial score (nSPS) is 12.8. The number of aryl methyl sites for hydroxylation is 2. The highest BCUT2D eigenvalue weighted by Gasteiger charge is 2.20. The highest BCUT2D eigenvalue weighted by atomic mass is 16.4. The summed E-state index contributed by atoms with van der Waals surface area (Å²) >= 11 is 0. The molecule has 0 aromatic carbocycles. The van der Waals surface area contributed by atoms with Crippen LogP contribution in [0.25, 0.3) is 0 Å². The summed E-state index contributed by atoms with van der Waals surface area (Å²) in [7, 11) is 0. The second-order valence-electron chi connectivity index (χ2n) is 3.16. The van der Waals surface area contributed by atoms with Crippen molar-refractivity contribution in [3.05, 3.63) is 23.0 Å². The van der Waals surface area contributed by atoms with E-state index in [0.717, 1.165) is 17.0 Å². The van der Waals surface area contributed by atoms with Crippen LogP contribution in [0.2, 0.25) is 0 Å². The van der Waals surface area contributed by atoms with Gasteiger partial charge >= 0.3 is 5.97 Å². The maximum Gasteiger partial charge on any atom is 0.312 e. The average molecular weight is 182 g/mol. The fraction of sp³-hybridized carbons (Fsp3) is 0.444. The highest BCUT2D eigenvalue weighted by Crippen LogP contribution is 2.20. The molecule has 1 aromatic heterocycles. The zero-order chi connectivity index (χ0) is 10.0. The minimum Gasteiger partial charge on any atom is -0.481 e. The third-order valence-electron chi connectivity index (χ3n) is 2.10. The van der Waals surface area contributed by atoms with Crippen LogP contribution in [0.5, 0.6) is 0 Å². The molecule has 0 radical (unpaired) electrons. The van der Waals surface area contributed by atoms with Gasteiger partial charge in [0.1, 0.15) is 0 Å². The van der Waals surface area contributed by atoms with E-state index in [1.807, 2.05) is 19.9 Å². The lowest BCUT2D eigenvalue weighted by molar-refractivity contribution is -0.138. The first-order chi connectivity index (χ1) is 6.06. The van der Waals surface area contributed by atoms with Crippen molar-refractivity contribution in [1.29, 1.82) is 0 Å². The molecule has 1 heterocycles. The van der Waals surface area contributed by atoms with E-state index in [0.29, 0.717) is 0 Å². The summed E-state index contributed by atoms with van der Waals surface area (Å²) in [4.78, 5) is 13.9. The Hall–Kier alpha value is -1.29. The Kier molecular flexibility index (Phi) is 2.72. The summed E-state index contributed by atoms with van der Waals surface area (Å²) in [6.45, 7) is 3.88. The zero-order valence-corrected chi connectivity index (χ0v) is 7.79. The zero-order valence-electron chi connectivity index (χ0n) is 7.79. The molecule has 0 saturated heterocycles. The second kappa shape index (κ2) is 3.62. The van der Waals surface area contributed by atoms with Gasteiger partial charge in [-0.15, -0.1) is 0 Å². The van der Waals surface area contributed by atoms with Gasteiger partial charge in [0, 0.05) is 17.9 Å². The first-order valence-corrected chi connectivity index (χ1v) is 4.15. The number of aromatic nitrogens is 1. The molecular weight excluding hydrogens is 168 g/mol. The number of H-pyrrole nitrogens is 1. The van der Waals surface area contributed by atoms with Crippen molar-refractivity contribution < 1.29 is 9.90 Å². The molecule has 0 aliphatic carbocycles. The molecule has 0 aliphatic heterocycles. The fourth-order valence-electron chi connectivity index (χ4n) is 1.47. The van der Waals surface area contributed by atoms with Crippen molar-refractivity contribution >= 4 is 5.97 Å². The van der Waals surface area contributed by atoms with Gasteiger partial charge in [-0.1, -0.05) is 0 Å². The van der Waals surface area contributed by atoms with E-state index in [1.165, 1.54) is 0 Å². The van der Waals surface area contributed by atoms with Crippen molar-refractivity contribution in [2.24, 2.45) is 5.73 Å². The van der Waals surface area contributed by atoms with E-state index in [1.54, 1.807) is 0 Å². The molecule has 13 heavy (non-hydrogen) atoms. The van der Waals surface area contributed by atoms with E-state index in [2.05, 4.69) is 4.98 Å². The molecule has 1 aromatic rings. The second-order valence-corrected chi connectivity index (χ2v) is 3.16. The van der Waals surface area contributed by atoms with Crippen LogP contribution in [0.1, 0.15) is 22.9 Å². The van der Waals surface area contributed by atoms with Gasteiger partial charge in [-0.3, -0.25) is 4.79 Å². The SMILES string of the molecule is Cc1cc(C(CN)C(=O)O)c(C)[nH]1. The third kappa shape index (κ3) is 1.89. The molecule has 4 heteroatoms. The molecule has 1 unspecified atom stereocenters. The Morgan fingerprint density at radius 1 is 1.69 bits per heavy atom. The van der Waals surface area contributed by atoms with Crippen LogP contribution in [0.4, 0.5) is 0 Å². The Morgan fingerprint density at radius 3 is 2.62 bits per heavy atom. The van der Waals surface area contributed by atoms with E-state index in [4.69, 9.17) is 10.8 Å². The number of hydrogen-bond donors (Lipinski definition) is 3. The molecule has 4 N–H and O–H groups in total. The van der Waals surface area contributed by atoms with Crippen LogP contribution in [-0.2, 0) is 4.79 Å². The number of aliphatic carboxylic acids is 1. The van der Waals surface area contributed by atoms with Crippen molar-refractivity contribution in [3.8, 4) is 0 Å². The standard InChI is InChI=1S/C9H14N2O2/c1-5-3-7(6(2)11-5)8(4-10)9(12)13/h3,8,11H,4,10H2,1-2H3,(H,12,13). The van der Waals surface area contributed by atoms with Crippen molar-refractivity contribution in [3.63, 3.8) is 0 Å². The van der Waals surface area contributed by atoms with Gasteiger partial charge in [-0.05, 0) is 25.5 Å². The predicted molar refractivity (Wildman–Crippen MR) is 49.7 cm³/mol. The molecule has 0 aliphatic rings. The van der Waals surface area contributed by atoms with Crippen LogP contribution in [0.3, 0.4) is 0 Å². The molecule has 1 rings (SSSR count). The number of rotatable bonds is 3. The van der Waals surface area contributed by atoms with Gasteiger partial charge in [0.05, 0.1) is 5.92 Å². The van der Waals surface area contributed by atoms with Gasteiger partial charge < -0.3 is 15.8 Å². The smallest absolute Gasteiger partial charge is 0.312 e. The van der Waals surface area contributed by atoms with E-state index in [-0.39, 0.29) is 6.54 Å². The van der Waals surface area contributed by atoms with E-state index < -0.39 is 11.9 Å². The largest absolute Gasteiger partial charge is 0.481 e. The molecule has 0 bridgehead atoms. The maximum absolute atomic E-state index is 10.8. The van der Waals surface area contributed by atoms with E-state index in [9.17, 15) is 4.79 Å². The van der Waals surface area contributed by atoms with Crippen molar-refractivity contribution in [1.82, 2.24) is 4.98 Å². The summed E-state index contributed by atoms with van der Waals surface area (Å²) < 4.78 is 0. The predicted octanol–water partition coefficient (Wildman–Crippen LogP) is 0.758. The number of aromatic amines is 1. The molecular formula is C9H14N2O2. The summed E-state index contributed by atoms with van der Waals surface area (Å²) in [6, 6.07) is 1.83. The molecule has 4 nitrogen and oxygen atoms in total. The molecule has 0 amide bonds. The Morgan fingerprint density at radius 2 is 2.31 bits per heavy atom. The Balaban J connectivity index is 3.04. The Bertz CT molecular complexity index is 317. The van der Waals surface area contributed by atoms with Gasteiger partial charge in [-0.2, -0.15) is 0 Å². The average Bonchev–Trinajstić information content (AvgIpc) is 2.31. The lowest BCUT2D eigenvalue weighted by atomic mass is 10.00. The summed E-state index contributed by atoms with van der Waals surface area (Å²) in [5.74, 6) is -1.46. The van der Waals surface area contributed by atoms with Crippen LogP contribution in [0.15, 0.2) is 6.07 Å². The summed E-state index contributed by atoms with van der Waals surface area (Å²) in [5.41, 5.74) is 8.02. The summed E-state index contributed by atoms with van der Waals surface area (Å²) in [6.07, 6.45) is 0. The lowest BCUT2D eigenvalue weighted by Crippen LogP contribution is -2.21. The highest BCUT2D eigenvalue weighted by molar-refractivity contribution is 5.76. The minimum atomic E-state index is -0.871. The monoisotopic (exact) mass is 182 g/mol. The molecule has 72 valence electrons. The number of nitrogens with one attached hydrogen (secondary N) is 1. The number of carbonyl (C=O) groups is 1. The van der Waals surface area contributed by atoms with Gasteiger partial charge in [-0.25, -0.2) is 0 Å². The van der Waals surface area contributed by atoms with Crippen LogP contribution < -0.4 is 5.73 Å². The number of carboxylic acids is 1. The quantitative estimate of drug-likeness (QED) is 0.645. The minimum absolute atomic E-state index is 0.132. The number of hydrogen-bond acceptors (Lipinski definition) is 2. The number of carboxylic acid groups (broad SMARTS) is 1. The molecule has 1 atom stereocenters. The summed E-state index contributed by atoms with van der Waals surface area (Å²) in [5, 5.41) is 8.87. The Labute approximate surface area is 76.8 Å². The lowest BCUT2D eigenvalue weighted by Gasteiger charge is -2.08. The van der Waals surface area contributed by atoms with Crippen LogP contribution in [0, 0.1) is 13.8 Å². The first kappa shape index (κ1) is 9.80. The first-order valence-electron chi connectivity index (χ1n) is 4.15. The van der Waals surface area contributed by atoms with Crippen molar-refractivity contribution in [2.45, 2.75) is 19.8 Å².